The zero-order chi connectivity index (χ0) is 16.6. The maximum absolute atomic E-state index is 12.7. The molecule has 4 nitrogen and oxygen atoms in total. The van der Waals surface area contributed by atoms with Gasteiger partial charge in [0.05, 0.1) is 7.11 Å². The third-order valence-electron chi connectivity index (χ3n) is 5.67. The minimum atomic E-state index is -0.319. The number of carbonyl (C=O) groups excluding carboxylic acids is 1. The van der Waals surface area contributed by atoms with Crippen molar-refractivity contribution in [3.63, 3.8) is 0 Å². The molecule has 2 heterocycles. The Kier molecular flexibility index (Phi) is 3.93. The van der Waals surface area contributed by atoms with Crippen molar-refractivity contribution < 1.29 is 9.53 Å². The molecule has 0 radical (unpaired) electrons. The van der Waals surface area contributed by atoms with E-state index < -0.39 is 0 Å². The lowest BCUT2D eigenvalue weighted by Gasteiger charge is -2.40. The molecule has 2 saturated heterocycles. The fourth-order valence-corrected chi connectivity index (χ4v) is 4.43. The van der Waals surface area contributed by atoms with Crippen LogP contribution in [0.15, 0.2) is 36.4 Å². The molecule has 24 heavy (non-hydrogen) atoms. The van der Waals surface area contributed by atoms with E-state index in [-0.39, 0.29) is 11.4 Å². The molecule has 4 rings (SSSR count). The lowest BCUT2D eigenvalue weighted by molar-refractivity contribution is -0.134. The topological polar surface area (TPSA) is 41.6 Å². The van der Waals surface area contributed by atoms with Crippen molar-refractivity contribution in [2.75, 3.05) is 20.2 Å². The number of nitrogens with zero attached hydrogens (tertiary/aromatic N) is 1. The number of piperidine rings is 1. The number of rotatable bonds is 3. The number of benzene rings is 2. The normalized spacial score (nSPS) is 24.5. The van der Waals surface area contributed by atoms with Crippen molar-refractivity contribution in [2.45, 2.75) is 37.8 Å². The predicted octanol–water partition coefficient (Wildman–Crippen LogP) is 3.09. The van der Waals surface area contributed by atoms with Gasteiger partial charge in [-0.1, -0.05) is 30.3 Å². The summed E-state index contributed by atoms with van der Waals surface area (Å²) in [5.74, 6) is 1.12. The van der Waals surface area contributed by atoms with Crippen LogP contribution in [-0.4, -0.2) is 36.5 Å². The van der Waals surface area contributed by atoms with Gasteiger partial charge in [-0.3, -0.25) is 9.69 Å². The van der Waals surface area contributed by atoms with Crippen LogP contribution in [0.5, 0.6) is 5.75 Å². The quantitative estimate of drug-likeness (QED) is 0.943. The Morgan fingerprint density at radius 2 is 2.00 bits per heavy atom. The van der Waals surface area contributed by atoms with E-state index in [0.29, 0.717) is 0 Å². The molecular formula is C20H24N2O2. The van der Waals surface area contributed by atoms with Gasteiger partial charge >= 0.3 is 0 Å². The van der Waals surface area contributed by atoms with Crippen LogP contribution >= 0.6 is 0 Å². The SMILES string of the molecule is COc1ccc2ccccc2c1CN1CCCC12CCCNC2=O. The van der Waals surface area contributed by atoms with E-state index >= 15 is 0 Å². The van der Waals surface area contributed by atoms with Crippen molar-refractivity contribution in [1.82, 2.24) is 10.2 Å². The van der Waals surface area contributed by atoms with Crippen molar-refractivity contribution in [3.05, 3.63) is 42.0 Å². The molecule has 1 atom stereocenters. The summed E-state index contributed by atoms with van der Waals surface area (Å²) in [5, 5.41) is 5.52. The van der Waals surface area contributed by atoms with Gasteiger partial charge in [0.2, 0.25) is 5.91 Å². The Balaban J connectivity index is 1.74. The van der Waals surface area contributed by atoms with Gasteiger partial charge in [0, 0.05) is 18.7 Å². The molecule has 0 aliphatic carbocycles. The summed E-state index contributed by atoms with van der Waals surface area (Å²) < 4.78 is 5.64. The Morgan fingerprint density at radius 3 is 2.83 bits per heavy atom. The first-order chi connectivity index (χ1) is 11.7. The molecule has 1 unspecified atom stereocenters. The van der Waals surface area contributed by atoms with Crippen LogP contribution in [0.2, 0.25) is 0 Å². The Morgan fingerprint density at radius 1 is 1.17 bits per heavy atom. The van der Waals surface area contributed by atoms with Gasteiger partial charge in [0.1, 0.15) is 11.3 Å². The highest BCUT2D eigenvalue weighted by atomic mass is 16.5. The van der Waals surface area contributed by atoms with Crippen LogP contribution in [0.4, 0.5) is 0 Å². The second-order valence-corrected chi connectivity index (χ2v) is 6.88. The van der Waals surface area contributed by atoms with E-state index in [4.69, 9.17) is 4.74 Å². The monoisotopic (exact) mass is 324 g/mol. The Bertz CT molecular complexity index is 773. The maximum Gasteiger partial charge on any atom is 0.240 e. The van der Waals surface area contributed by atoms with E-state index in [0.717, 1.165) is 51.1 Å². The fraction of sp³-hybridized carbons (Fsp3) is 0.450. The van der Waals surface area contributed by atoms with E-state index in [1.807, 2.05) is 6.07 Å². The first-order valence-corrected chi connectivity index (χ1v) is 8.82. The molecule has 1 amide bonds. The van der Waals surface area contributed by atoms with Crippen molar-refractivity contribution in [2.24, 2.45) is 0 Å². The van der Waals surface area contributed by atoms with Gasteiger partial charge < -0.3 is 10.1 Å². The number of hydrogen-bond donors (Lipinski definition) is 1. The standard InChI is InChI=1S/C20H24N2O2/c1-24-18-9-8-15-6-2-3-7-16(15)17(18)14-22-13-5-11-20(22)10-4-12-21-19(20)23/h2-3,6-9H,4-5,10-14H2,1H3,(H,21,23). The van der Waals surface area contributed by atoms with Gasteiger partial charge in [0.15, 0.2) is 0 Å². The molecule has 1 spiro atoms. The minimum absolute atomic E-state index is 0.213. The van der Waals surface area contributed by atoms with Crippen LogP contribution in [0.25, 0.3) is 10.8 Å². The lowest BCUT2D eigenvalue weighted by Crippen LogP contribution is -2.58. The third kappa shape index (κ3) is 2.37. The summed E-state index contributed by atoms with van der Waals surface area (Å²) >= 11 is 0. The van der Waals surface area contributed by atoms with E-state index in [1.54, 1.807) is 7.11 Å². The average molecular weight is 324 g/mol. The van der Waals surface area contributed by atoms with E-state index in [9.17, 15) is 4.79 Å². The van der Waals surface area contributed by atoms with Crippen molar-refractivity contribution >= 4 is 16.7 Å². The highest BCUT2D eigenvalue weighted by Crippen LogP contribution is 2.39. The highest BCUT2D eigenvalue weighted by molar-refractivity contribution is 5.89. The molecule has 0 saturated carbocycles. The average Bonchev–Trinajstić information content (AvgIpc) is 3.01. The molecule has 0 aromatic heterocycles. The van der Waals surface area contributed by atoms with E-state index in [1.165, 1.54) is 16.3 Å². The van der Waals surface area contributed by atoms with Crippen LogP contribution in [0.3, 0.4) is 0 Å². The molecule has 1 N–H and O–H groups in total. The number of amides is 1. The van der Waals surface area contributed by atoms with Crippen LogP contribution in [-0.2, 0) is 11.3 Å². The zero-order valence-corrected chi connectivity index (χ0v) is 14.2. The number of methoxy groups -OCH3 is 1. The zero-order valence-electron chi connectivity index (χ0n) is 14.2. The Labute approximate surface area is 142 Å². The van der Waals surface area contributed by atoms with E-state index in [2.05, 4.69) is 40.5 Å². The summed E-state index contributed by atoms with van der Waals surface area (Å²) in [7, 11) is 1.72. The second-order valence-electron chi connectivity index (χ2n) is 6.88. The first kappa shape index (κ1) is 15.5. The van der Waals surface area contributed by atoms with Crippen molar-refractivity contribution in [3.8, 4) is 5.75 Å². The third-order valence-corrected chi connectivity index (χ3v) is 5.67. The Hall–Kier alpha value is -2.07. The lowest BCUT2D eigenvalue weighted by atomic mass is 9.86. The number of nitrogens with one attached hydrogen (secondary N) is 1. The molecule has 126 valence electrons. The summed E-state index contributed by atoms with van der Waals surface area (Å²) in [6.07, 6.45) is 4.08. The first-order valence-electron chi connectivity index (χ1n) is 8.82. The highest BCUT2D eigenvalue weighted by Gasteiger charge is 2.48. The summed E-state index contributed by atoms with van der Waals surface area (Å²) in [6, 6.07) is 12.6. The largest absolute Gasteiger partial charge is 0.496 e. The van der Waals surface area contributed by atoms with Gasteiger partial charge in [-0.05, 0) is 49.1 Å². The number of hydrogen-bond acceptors (Lipinski definition) is 3. The molecular weight excluding hydrogens is 300 g/mol. The fourth-order valence-electron chi connectivity index (χ4n) is 4.43. The minimum Gasteiger partial charge on any atom is -0.496 e. The van der Waals surface area contributed by atoms with Crippen LogP contribution in [0, 0.1) is 0 Å². The predicted molar refractivity (Wildman–Crippen MR) is 95.1 cm³/mol. The summed E-state index contributed by atoms with van der Waals surface area (Å²) in [6.45, 7) is 2.55. The molecule has 2 aromatic rings. The number of ether oxygens (including phenoxy) is 1. The molecule has 2 fully saturated rings. The van der Waals surface area contributed by atoms with Gasteiger partial charge in [-0.15, -0.1) is 0 Å². The van der Waals surface area contributed by atoms with Gasteiger partial charge in [0.25, 0.3) is 0 Å². The number of carbonyl (C=O) groups is 1. The van der Waals surface area contributed by atoms with Gasteiger partial charge in [-0.25, -0.2) is 0 Å². The molecule has 0 bridgehead atoms. The van der Waals surface area contributed by atoms with Crippen LogP contribution in [0.1, 0.15) is 31.2 Å². The molecule has 2 aromatic carbocycles. The maximum atomic E-state index is 12.7. The smallest absolute Gasteiger partial charge is 0.240 e. The molecule has 2 aliphatic heterocycles. The van der Waals surface area contributed by atoms with Crippen LogP contribution < -0.4 is 10.1 Å². The van der Waals surface area contributed by atoms with Crippen molar-refractivity contribution in [1.29, 1.82) is 0 Å². The summed E-state index contributed by atoms with van der Waals surface area (Å²) in [5.41, 5.74) is 0.871. The number of fused-ring (bicyclic) bond motifs is 1. The molecule has 4 heteroatoms. The van der Waals surface area contributed by atoms with Gasteiger partial charge in [-0.2, -0.15) is 0 Å². The second kappa shape index (κ2) is 6.10. The number of likely N-dealkylation sites (tertiary alicyclic amines) is 1. The summed E-state index contributed by atoms with van der Waals surface area (Å²) in [4.78, 5) is 15.0. The molecule has 2 aliphatic rings.